The van der Waals surface area contributed by atoms with Crippen LogP contribution in [0.15, 0.2) is 53.4 Å². The summed E-state index contributed by atoms with van der Waals surface area (Å²) in [5.74, 6) is -7.58. The fraction of sp³-hybridized carbons (Fsp3) is 0.588. The van der Waals surface area contributed by atoms with E-state index in [4.69, 9.17) is 4.74 Å². The third kappa shape index (κ3) is 7.33. The largest absolute Gasteiger partial charge is 0.481 e. The standard InChI is InChI=1S/C34H36F9NO6S/c35-26-9-11-27(12-10-26)51(48,49)30(17-18-44(20-30)28(45)22-1-3-23(4-2-22)29(46)47)24-5-7-25(8-6-24)32(33(38,39)40,34(41,42)43)50-19-21-13-15-31(36,37)16-14-21/h5-12,21-23H,1-4,13-20H2,(H,46,47)/t22?,23?,30-/m0/s1. The predicted octanol–water partition coefficient (Wildman–Crippen LogP) is 7.78. The Kier molecular flexibility index (Phi) is 10.6. The average Bonchev–Trinajstić information content (AvgIpc) is 3.52. The number of benzene rings is 2. The monoisotopic (exact) mass is 757 g/mol. The van der Waals surface area contributed by atoms with Gasteiger partial charge in [-0.05, 0) is 80.7 Å². The minimum Gasteiger partial charge on any atom is -0.481 e. The molecule has 282 valence electrons. The molecule has 3 fully saturated rings. The van der Waals surface area contributed by atoms with Gasteiger partial charge in [-0.1, -0.05) is 24.3 Å². The van der Waals surface area contributed by atoms with Crippen molar-refractivity contribution in [2.24, 2.45) is 17.8 Å². The smallest absolute Gasteiger partial charge is 0.430 e. The Morgan fingerprint density at radius 2 is 1.33 bits per heavy atom. The lowest BCUT2D eigenvalue weighted by Crippen LogP contribution is -2.56. The van der Waals surface area contributed by atoms with E-state index in [9.17, 15) is 62.6 Å². The van der Waals surface area contributed by atoms with Crippen molar-refractivity contribution in [1.29, 1.82) is 0 Å². The van der Waals surface area contributed by atoms with Crippen molar-refractivity contribution in [2.45, 2.75) is 91.3 Å². The summed E-state index contributed by atoms with van der Waals surface area (Å²) in [4.78, 5) is 25.8. The van der Waals surface area contributed by atoms with E-state index in [-0.39, 0.29) is 57.1 Å². The molecular formula is C34H36F9NO6S. The number of carbonyl (C=O) groups is 2. The topological polar surface area (TPSA) is 101 Å². The van der Waals surface area contributed by atoms with Crippen LogP contribution in [0.25, 0.3) is 0 Å². The third-order valence-electron chi connectivity index (χ3n) is 10.6. The number of likely N-dealkylation sites (tertiary alicyclic amines) is 1. The van der Waals surface area contributed by atoms with Gasteiger partial charge in [-0.15, -0.1) is 0 Å². The summed E-state index contributed by atoms with van der Waals surface area (Å²) in [6.07, 6.45) is -13.7. The molecule has 0 radical (unpaired) electrons. The van der Waals surface area contributed by atoms with E-state index in [2.05, 4.69) is 0 Å². The summed E-state index contributed by atoms with van der Waals surface area (Å²) in [6.45, 7) is -1.81. The van der Waals surface area contributed by atoms with Crippen molar-refractivity contribution in [3.05, 3.63) is 65.5 Å². The first-order valence-electron chi connectivity index (χ1n) is 16.4. The van der Waals surface area contributed by atoms with Crippen LogP contribution < -0.4 is 0 Å². The zero-order valence-corrected chi connectivity index (χ0v) is 27.9. The van der Waals surface area contributed by atoms with E-state index in [0.717, 1.165) is 36.4 Å². The lowest BCUT2D eigenvalue weighted by atomic mass is 9.81. The molecule has 1 aliphatic heterocycles. The van der Waals surface area contributed by atoms with Gasteiger partial charge in [0.2, 0.25) is 11.8 Å². The first kappa shape index (κ1) is 38.9. The molecule has 2 aromatic carbocycles. The van der Waals surface area contributed by atoms with E-state index < -0.39 is 110 Å². The Balaban J connectivity index is 1.51. The molecule has 0 aromatic heterocycles. The highest BCUT2D eigenvalue weighted by Gasteiger charge is 2.73. The molecule has 17 heteroatoms. The van der Waals surface area contributed by atoms with Crippen LogP contribution in [0.5, 0.6) is 0 Å². The summed E-state index contributed by atoms with van der Waals surface area (Å²) in [5, 5.41) is 9.31. The number of hydrogen-bond donors (Lipinski definition) is 1. The first-order valence-corrected chi connectivity index (χ1v) is 17.9. The van der Waals surface area contributed by atoms with Crippen LogP contribution in [-0.4, -0.2) is 68.3 Å². The van der Waals surface area contributed by atoms with Crippen molar-refractivity contribution in [1.82, 2.24) is 4.90 Å². The fourth-order valence-corrected chi connectivity index (χ4v) is 9.60. The lowest BCUT2D eigenvalue weighted by Gasteiger charge is -2.39. The van der Waals surface area contributed by atoms with Crippen molar-refractivity contribution < 1.29 is 67.4 Å². The fourth-order valence-electron chi connectivity index (χ4n) is 7.52. The predicted molar refractivity (Wildman–Crippen MR) is 163 cm³/mol. The van der Waals surface area contributed by atoms with E-state index in [0.29, 0.717) is 12.1 Å². The summed E-state index contributed by atoms with van der Waals surface area (Å²) in [6, 6.07) is 6.20. The molecule has 2 saturated carbocycles. The van der Waals surface area contributed by atoms with Gasteiger partial charge in [0.1, 0.15) is 10.6 Å². The lowest BCUT2D eigenvalue weighted by molar-refractivity contribution is -0.391. The van der Waals surface area contributed by atoms with Crippen LogP contribution in [0, 0.1) is 23.6 Å². The molecule has 1 heterocycles. The van der Waals surface area contributed by atoms with Gasteiger partial charge in [-0.2, -0.15) is 26.3 Å². The SMILES string of the molecule is O=C(O)C1CCC(C(=O)N2CC[C@](c3ccc(C(OCC4CCC(F)(F)CC4)(C(F)(F)F)C(F)(F)F)cc3)(S(=O)(=O)c3ccc(F)cc3)C2)CC1. The Morgan fingerprint density at radius 3 is 1.84 bits per heavy atom. The molecule has 7 nitrogen and oxygen atoms in total. The average molecular weight is 758 g/mol. The molecule has 0 unspecified atom stereocenters. The van der Waals surface area contributed by atoms with Crippen molar-refractivity contribution >= 4 is 21.7 Å². The number of hydrogen-bond acceptors (Lipinski definition) is 5. The summed E-state index contributed by atoms with van der Waals surface area (Å²) in [5.41, 5.74) is -6.52. The second-order valence-electron chi connectivity index (χ2n) is 13.7. The Morgan fingerprint density at radius 1 is 0.804 bits per heavy atom. The van der Waals surface area contributed by atoms with Gasteiger partial charge in [0.15, 0.2) is 9.84 Å². The van der Waals surface area contributed by atoms with E-state index >= 15 is 0 Å². The molecule has 1 N–H and O–H groups in total. The quantitative estimate of drug-likeness (QED) is 0.207. The summed E-state index contributed by atoms with van der Waals surface area (Å²) in [7, 11) is -4.60. The molecule has 2 aliphatic carbocycles. The molecule has 5 rings (SSSR count). The Bertz CT molecular complexity index is 1660. The highest BCUT2D eigenvalue weighted by Crippen LogP contribution is 2.54. The maximum atomic E-state index is 14.6. The number of amides is 1. The van der Waals surface area contributed by atoms with Crippen LogP contribution in [-0.2, 0) is 34.5 Å². The van der Waals surface area contributed by atoms with Crippen LogP contribution in [0.2, 0.25) is 0 Å². The first-order chi connectivity index (χ1) is 23.6. The van der Waals surface area contributed by atoms with E-state index in [1.165, 1.54) is 4.90 Å². The maximum absolute atomic E-state index is 14.6. The summed E-state index contributed by atoms with van der Waals surface area (Å²) >= 11 is 0. The molecule has 51 heavy (non-hydrogen) atoms. The number of rotatable bonds is 9. The molecule has 0 spiro atoms. The molecule has 3 aliphatic rings. The number of carboxylic acids is 1. The van der Waals surface area contributed by atoms with Crippen LogP contribution in [0.1, 0.15) is 68.9 Å². The number of sulfone groups is 1. The Labute approximate surface area is 288 Å². The number of nitrogens with zero attached hydrogens (tertiary/aromatic N) is 1. The molecule has 1 atom stereocenters. The van der Waals surface area contributed by atoms with Gasteiger partial charge in [0.25, 0.3) is 5.60 Å². The Hall–Kier alpha value is -3.34. The van der Waals surface area contributed by atoms with Crippen molar-refractivity contribution in [3.63, 3.8) is 0 Å². The number of aliphatic carboxylic acids is 1. The van der Waals surface area contributed by atoms with Crippen LogP contribution in [0.4, 0.5) is 39.5 Å². The molecule has 2 aromatic rings. The van der Waals surface area contributed by atoms with Crippen molar-refractivity contribution in [2.75, 3.05) is 19.7 Å². The number of carboxylic acid groups (broad SMARTS) is 1. The van der Waals surface area contributed by atoms with Crippen molar-refractivity contribution in [3.8, 4) is 0 Å². The van der Waals surface area contributed by atoms with Gasteiger partial charge in [0.05, 0.1) is 17.4 Å². The van der Waals surface area contributed by atoms with Gasteiger partial charge in [-0.25, -0.2) is 21.6 Å². The second kappa shape index (κ2) is 13.9. The highest BCUT2D eigenvalue weighted by atomic mass is 32.2. The van der Waals surface area contributed by atoms with Gasteiger partial charge in [-0.3, -0.25) is 9.59 Å². The van der Waals surface area contributed by atoms with Crippen LogP contribution >= 0.6 is 0 Å². The number of carbonyl (C=O) groups excluding carboxylic acids is 1. The normalized spacial score (nSPS) is 25.2. The highest BCUT2D eigenvalue weighted by molar-refractivity contribution is 7.92. The zero-order valence-electron chi connectivity index (χ0n) is 27.1. The minimum atomic E-state index is -6.08. The van der Waals surface area contributed by atoms with E-state index in [1.54, 1.807) is 0 Å². The third-order valence-corrected chi connectivity index (χ3v) is 13.1. The number of ether oxygens (including phenoxy) is 1. The minimum absolute atomic E-state index is 0.154. The van der Waals surface area contributed by atoms with Crippen LogP contribution in [0.3, 0.4) is 0 Å². The van der Waals surface area contributed by atoms with Gasteiger partial charge >= 0.3 is 18.3 Å². The maximum Gasteiger partial charge on any atom is 0.430 e. The molecule has 0 bridgehead atoms. The second-order valence-corrected chi connectivity index (χ2v) is 16.0. The zero-order chi connectivity index (χ0) is 37.6. The molecule has 1 amide bonds. The van der Waals surface area contributed by atoms with Gasteiger partial charge in [0, 0.05) is 37.4 Å². The number of halogens is 9. The van der Waals surface area contributed by atoms with E-state index in [1.807, 2.05) is 0 Å². The molecule has 1 saturated heterocycles. The van der Waals surface area contributed by atoms with Gasteiger partial charge < -0.3 is 14.7 Å². The summed E-state index contributed by atoms with van der Waals surface area (Å²) < 4.78 is 160. The molecular weight excluding hydrogens is 721 g/mol. The number of alkyl halides is 8.